The van der Waals surface area contributed by atoms with E-state index in [1.165, 1.54) is 19.3 Å². The van der Waals surface area contributed by atoms with Crippen molar-refractivity contribution in [3.05, 3.63) is 40.8 Å². The zero-order chi connectivity index (χ0) is 13.8. The molecule has 2 heterocycles. The number of hydrogen-bond acceptors (Lipinski definition) is 4. The van der Waals surface area contributed by atoms with Crippen molar-refractivity contribution in [2.45, 2.75) is 19.3 Å². The zero-order valence-electron chi connectivity index (χ0n) is 11.1. The maximum Gasteiger partial charge on any atom is 0.181 e. The highest BCUT2D eigenvalue weighted by Gasteiger charge is 2.08. The van der Waals surface area contributed by atoms with Gasteiger partial charge in [-0.05, 0) is 54.0 Å². The van der Waals surface area contributed by atoms with Gasteiger partial charge < -0.3 is 4.90 Å². The van der Waals surface area contributed by atoms with Gasteiger partial charge in [0.2, 0.25) is 0 Å². The third-order valence-electron chi connectivity index (χ3n) is 3.39. The van der Waals surface area contributed by atoms with Crippen molar-refractivity contribution in [1.29, 1.82) is 0 Å². The maximum absolute atomic E-state index is 4.08. The number of halogens is 1. The molecule has 1 aliphatic rings. The lowest BCUT2D eigenvalue weighted by Crippen LogP contribution is -2.24. The Hall–Kier alpha value is -1.69. The molecule has 6 heteroatoms. The van der Waals surface area contributed by atoms with E-state index in [4.69, 9.17) is 0 Å². The summed E-state index contributed by atoms with van der Waals surface area (Å²) in [4.78, 5) is 2.32. The summed E-state index contributed by atoms with van der Waals surface area (Å²) in [6, 6.07) is 7.93. The highest BCUT2D eigenvalue weighted by Crippen LogP contribution is 2.15. The molecule has 0 bridgehead atoms. The molecule has 0 unspecified atom stereocenters. The van der Waals surface area contributed by atoms with E-state index in [2.05, 4.69) is 42.6 Å². The summed E-state index contributed by atoms with van der Waals surface area (Å²) in [7, 11) is 0. The van der Waals surface area contributed by atoms with Crippen LogP contribution >= 0.6 is 15.9 Å². The molecular formula is C14H16BrN5. The second-order valence-electron chi connectivity index (χ2n) is 4.84. The van der Waals surface area contributed by atoms with Gasteiger partial charge in [0.15, 0.2) is 5.82 Å². The van der Waals surface area contributed by atoms with Gasteiger partial charge in [0, 0.05) is 29.8 Å². The molecule has 3 rings (SSSR count). The number of piperidine rings is 1. The molecule has 0 saturated carbocycles. The molecule has 0 aliphatic carbocycles. The molecule has 0 N–H and O–H groups in total. The Balaban J connectivity index is 1.79. The molecule has 1 aromatic carbocycles. The van der Waals surface area contributed by atoms with Gasteiger partial charge in [-0.1, -0.05) is 15.9 Å². The van der Waals surface area contributed by atoms with Crippen molar-refractivity contribution in [1.82, 2.24) is 25.1 Å². The second-order valence-corrected chi connectivity index (χ2v) is 5.75. The summed E-state index contributed by atoms with van der Waals surface area (Å²) >= 11 is 3.43. The fourth-order valence-electron chi connectivity index (χ4n) is 2.30. The van der Waals surface area contributed by atoms with Crippen molar-refractivity contribution in [3.63, 3.8) is 0 Å². The number of rotatable bonds is 3. The van der Waals surface area contributed by atoms with Crippen molar-refractivity contribution < 1.29 is 0 Å². The quantitative estimate of drug-likeness (QED) is 0.866. The van der Waals surface area contributed by atoms with Crippen LogP contribution in [0.25, 0.3) is 11.8 Å². The lowest BCUT2D eigenvalue weighted by molar-refractivity contribution is 0.311. The Morgan fingerprint density at radius 1 is 1.05 bits per heavy atom. The lowest BCUT2D eigenvalue weighted by Gasteiger charge is -2.24. The summed E-state index contributed by atoms with van der Waals surface area (Å²) in [5, 5.41) is 11.9. The molecule has 1 fully saturated rings. The first-order chi connectivity index (χ1) is 9.83. The predicted molar refractivity (Wildman–Crippen MR) is 81.3 cm³/mol. The first-order valence-corrected chi connectivity index (χ1v) is 7.59. The van der Waals surface area contributed by atoms with Gasteiger partial charge in [-0.25, -0.2) is 0 Å². The van der Waals surface area contributed by atoms with Crippen molar-refractivity contribution in [3.8, 4) is 5.69 Å². The van der Waals surface area contributed by atoms with E-state index in [1.807, 2.05) is 30.3 Å². The van der Waals surface area contributed by atoms with Gasteiger partial charge >= 0.3 is 0 Å². The fraction of sp³-hybridized carbons (Fsp3) is 0.357. The molecule has 2 aromatic rings. The van der Waals surface area contributed by atoms with Gasteiger partial charge in [0.25, 0.3) is 0 Å². The highest BCUT2D eigenvalue weighted by atomic mass is 79.9. The van der Waals surface area contributed by atoms with Gasteiger partial charge in [0.05, 0.1) is 5.69 Å². The van der Waals surface area contributed by atoms with Crippen LogP contribution in [0.5, 0.6) is 0 Å². The van der Waals surface area contributed by atoms with Crippen LogP contribution in [0.2, 0.25) is 0 Å². The van der Waals surface area contributed by atoms with Crippen LogP contribution in [-0.2, 0) is 0 Å². The Labute approximate surface area is 126 Å². The lowest BCUT2D eigenvalue weighted by atomic mass is 10.1. The first kappa shape index (κ1) is 13.3. The molecule has 20 heavy (non-hydrogen) atoms. The molecule has 1 aliphatic heterocycles. The van der Waals surface area contributed by atoms with Crippen LogP contribution in [0.15, 0.2) is 34.9 Å². The molecule has 0 atom stereocenters. The highest BCUT2D eigenvalue weighted by molar-refractivity contribution is 9.10. The average Bonchev–Trinajstić information content (AvgIpc) is 2.95. The summed E-state index contributed by atoms with van der Waals surface area (Å²) < 4.78 is 2.78. The van der Waals surface area contributed by atoms with E-state index >= 15 is 0 Å². The SMILES string of the molecule is Brc1ccc(-n2nnnc2/C=C\N2CCCCC2)cc1. The van der Waals surface area contributed by atoms with E-state index in [9.17, 15) is 0 Å². The van der Waals surface area contributed by atoms with E-state index in [0.717, 1.165) is 29.1 Å². The van der Waals surface area contributed by atoms with Gasteiger partial charge in [0.1, 0.15) is 0 Å². The number of nitrogens with zero attached hydrogens (tertiary/aromatic N) is 5. The maximum atomic E-state index is 4.08. The van der Waals surface area contributed by atoms with Crippen LogP contribution in [0.1, 0.15) is 25.1 Å². The number of tetrazole rings is 1. The van der Waals surface area contributed by atoms with Crippen LogP contribution in [0, 0.1) is 0 Å². The van der Waals surface area contributed by atoms with Crippen molar-refractivity contribution >= 4 is 22.0 Å². The summed E-state index contributed by atoms with van der Waals surface area (Å²) in [5.41, 5.74) is 0.955. The average molecular weight is 334 g/mol. The topological polar surface area (TPSA) is 46.8 Å². The normalized spacial score (nSPS) is 15.9. The largest absolute Gasteiger partial charge is 0.377 e. The third kappa shape index (κ3) is 3.07. The number of likely N-dealkylation sites (tertiary alicyclic amines) is 1. The van der Waals surface area contributed by atoms with Crippen molar-refractivity contribution in [2.24, 2.45) is 0 Å². The fourth-order valence-corrected chi connectivity index (χ4v) is 2.57. The minimum atomic E-state index is 0.748. The Morgan fingerprint density at radius 3 is 2.55 bits per heavy atom. The summed E-state index contributed by atoms with van der Waals surface area (Å²) in [5.74, 6) is 0.748. The van der Waals surface area contributed by atoms with Gasteiger partial charge in [-0.2, -0.15) is 4.68 Å². The van der Waals surface area contributed by atoms with Gasteiger partial charge in [-0.3, -0.25) is 0 Å². The molecule has 0 spiro atoms. The minimum absolute atomic E-state index is 0.748. The number of aromatic nitrogens is 4. The van der Waals surface area contributed by atoms with Crippen LogP contribution in [-0.4, -0.2) is 38.2 Å². The first-order valence-electron chi connectivity index (χ1n) is 6.79. The molecule has 0 amide bonds. The second kappa shape index (κ2) is 6.17. The smallest absolute Gasteiger partial charge is 0.181 e. The monoisotopic (exact) mass is 333 g/mol. The summed E-state index contributed by atoms with van der Waals surface area (Å²) in [6.07, 6.45) is 7.94. The molecule has 0 radical (unpaired) electrons. The van der Waals surface area contributed by atoms with E-state index < -0.39 is 0 Å². The van der Waals surface area contributed by atoms with Crippen molar-refractivity contribution in [2.75, 3.05) is 13.1 Å². The Morgan fingerprint density at radius 2 is 1.80 bits per heavy atom. The molecule has 1 saturated heterocycles. The molecule has 5 nitrogen and oxygen atoms in total. The Bertz CT molecular complexity index is 584. The predicted octanol–water partition coefficient (Wildman–Crippen LogP) is 2.88. The molecular weight excluding hydrogens is 318 g/mol. The van der Waals surface area contributed by atoms with Crippen LogP contribution < -0.4 is 0 Å². The summed E-state index contributed by atoms with van der Waals surface area (Å²) in [6.45, 7) is 2.24. The zero-order valence-corrected chi connectivity index (χ0v) is 12.7. The van der Waals surface area contributed by atoms with Crippen LogP contribution in [0.4, 0.5) is 0 Å². The van der Waals surface area contributed by atoms with E-state index in [1.54, 1.807) is 4.68 Å². The third-order valence-corrected chi connectivity index (χ3v) is 3.92. The Kier molecular flexibility index (Phi) is 4.11. The van der Waals surface area contributed by atoms with E-state index in [0.29, 0.717) is 0 Å². The van der Waals surface area contributed by atoms with Crippen LogP contribution in [0.3, 0.4) is 0 Å². The van der Waals surface area contributed by atoms with Gasteiger partial charge in [-0.15, -0.1) is 5.10 Å². The number of benzene rings is 1. The molecule has 104 valence electrons. The molecule has 1 aromatic heterocycles. The minimum Gasteiger partial charge on any atom is -0.377 e. The standard InChI is InChI=1S/C14H16BrN5/c15-12-4-6-13(7-5-12)20-14(16-17-18-20)8-11-19-9-2-1-3-10-19/h4-8,11H,1-3,9-10H2/b11-8-. The van der Waals surface area contributed by atoms with E-state index in [-0.39, 0.29) is 0 Å². The number of hydrogen-bond donors (Lipinski definition) is 0.